The van der Waals surface area contributed by atoms with Crippen LogP contribution in [-0.4, -0.2) is 21.0 Å². The molecular formula is C14H16N4O2. The highest BCUT2D eigenvalue weighted by molar-refractivity contribution is 5.74. The quantitative estimate of drug-likeness (QED) is 0.778. The number of anilines is 1. The molecule has 104 valence electrons. The number of carboxylic acid groups (broad SMARTS) is 1. The first kappa shape index (κ1) is 12.5. The second-order valence-electron chi connectivity index (χ2n) is 5.03. The fraction of sp³-hybridized carbons (Fsp3) is 0.286. The second kappa shape index (κ2) is 4.56. The Morgan fingerprint density at radius 3 is 3.00 bits per heavy atom. The third-order valence-corrected chi connectivity index (χ3v) is 3.76. The Labute approximate surface area is 116 Å². The molecule has 1 heterocycles. The van der Waals surface area contributed by atoms with Crippen molar-refractivity contribution in [2.24, 2.45) is 7.05 Å². The average Bonchev–Trinajstić information content (AvgIpc) is 2.93. The molecule has 3 rings (SSSR count). The van der Waals surface area contributed by atoms with Crippen molar-refractivity contribution in [1.29, 1.82) is 0 Å². The molecular weight excluding hydrogens is 256 g/mol. The van der Waals surface area contributed by atoms with Gasteiger partial charge in [-0.15, -0.1) is 0 Å². The summed E-state index contributed by atoms with van der Waals surface area (Å²) in [6.45, 7) is 0. The van der Waals surface area contributed by atoms with Crippen molar-refractivity contribution < 1.29 is 9.90 Å². The Bertz CT molecular complexity index is 658. The number of hydrogen-bond donors (Lipinski definition) is 3. The number of rotatable bonds is 2. The van der Waals surface area contributed by atoms with Crippen molar-refractivity contribution >= 4 is 11.8 Å². The minimum Gasteiger partial charge on any atom is -0.465 e. The number of fused-ring (bicyclic) bond motifs is 1. The van der Waals surface area contributed by atoms with Gasteiger partial charge in [0, 0.05) is 12.6 Å². The van der Waals surface area contributed by atoms with Crippen LogP contribution in [0.25, 0.3) is 11.3 Å². The van der Waals surface area contributed by atoms with Crippen LogP contribution in [0.4, 0.5) is 10.5 Å². The summed E-state index contributed by atoms with van der Waals surface area (Å²) in [5.41, 5.74) is 10.6. The van der Waals surface area contributed by atoms with Crippen molar-refractivity contribution in [3.63, 3.8) is 0 Å². The number of benzene rings is 1. The maximum Gasteiger partial charge on any atom is 0.405 e. The van der Waals surface area contributed by atoms with Crippen LogP contribution in [0.3, 0.4) is 0 Å². The predicted octanol–water partition coefficient (Wildman–Crippen LogP) is 1.92. The molecule has 1 amide bonds. The van der Waals surface area contributed by atoms with Crippen molar-refractivity contribution in [3.8, 4) is 11.3 Å². The van der Waals surface area contributed by atoms with E-state index in [1.165, 1.54) is 5.56 Å². The number of nitrogen functional groups attached to an aromatic ring is 1. The van der Waals surface area contributed by atoms with E-state index in [2.05, 4.69) is 10.4 Å². The van der Waals surface area contributed by atoms with Crippen molar-refractivity contribution in [2.45, 2.75) is 18.9 Å². The largest absolute Gasteiger partial charge is 0.465 e. The van der Waals surface area contributed by atoms with Crippen molar-refractivity contribution in [2.75, 3.05) is 5.73 Å². The second-order valence-corrected chi connectivity index (χ2v) is 5.03. The molecule has 1 aromatic heterocycles. The molecule has 0 saturated carbocycles. The summed E-state index contributed by atoms with van der Waals surface area (Å²) >= 11 is 0. The first-order valence-electron chi connectivity index (χ1n) is 6.46. The lowest BCUT2D eigenvalue weighted by Gasteiger charge is -2.13. The van der Waals surface area contributed by atoms with Gasteiger partial charge in [-0.05, 0) is 30.0 Å². The summed E-state index contributed by atoms with van der Waals surface area (Å²) < 4.78 is 1.73. The van der Waals surface area contributed by atoms with Crippen LogP contribution in [0.2, 0.25) is 0 Å². The van der Waals surface area contributed by atoms with Crippen LogP contribution in [0, 0.1) is 0 Å². The summed E-state index contributed by atoms with van der Waals surface area (Å²) in [6, 6.07) is 5.92. The fourth-order valence-corrected chi connectivity index (χ4v) is 2.86. The van der Waals surface area contributed by atoms with Gasteiger partial charge < -0.3 is 16.2 Å². The van der Waals surface area contributed by atoms with Crippen LogP contribution in [0.1, 0.15) is 23.6 Å². The lowest BCUT2D eigenvalue weighted by Crippen LogP contribution is -2.24. The van der Waals surface area contributed by atoms with E-state index >= 15 is 0 Å². The third-order valence-electron chi connectivity index (χ3n) is 3.76. The molecule has 4 N–H and O–H groups in total. The zero-order chi connectivity index (χ0) is 14.3. The van der Waals surface area contributed by atoms with Gasteiger partial charge >= 0.3 is 6.09 Å². The molecule has 1 aromatic carbocycles. The summed E-state index contributed by atoms with van der Waals surface area (Å²) in [6.07, 6.45) is 2.32. The molecule has 1 aliphatic rings. The van der Waals surface area contributed by atoms with E-state index in [9.17, 15) is 4.79 Å². The minimum atomic E-state index is -0.992. The van der Waals surface area contributed by atoms with Crippen molar-refractivity contribution in [3.05, 3.63) is 35.5 Å². The molecule has 1 unspecified atom stereocenters. The normalized spacial score (nSPS) is 16.9. The van der Waals surface area contributed by atoms with Gasteiger partial charge in [-0.25, -0.2) is 4.79 Å². The van der Waals surface area contributed by atoms with Gasteiger partial charge in [0.25, 0.3) is 0 Å². The Hall–Kier alpha value is -2.50. The standard InChI is InChI=1S/C14H16N4O2/c1-18-13(11(15)7-16-18)9-3-2-8-4-5-12(10(8)6-9)17-14(19)20/h2-3,6-7,12,17H,4-5,15H2,1H3,(H,19,20). The van der Waals surface area contributed by atoms with Crippen LogP contribution < -0.4 is 11.1 Å². The van der Waals surface area contributed by atoms with E-state index in [0.29, 0.717) is 5.69 Å². The van der Waals surface area contributed by atoms with E-state index in [0.717, 1.165) is 29.7 Å². The molecule has 6 nitrogen and oxygen atoms in total. The fourth-order valence-electron chi connectivity index (χ4n) is 2.86. The van der Waals surface area contributed by atoms with Gasteiger partial charge in [-0.2, -0.15) is 5.10 Å². The molecule has 0 aliphatic heterocycles. The molecule has 0 spiro atoms. The van der Waals surface area contributed by atoms with E-state index in [1.54, 1.807) is 10.9 Å². The number of aromatic nitrogens is 2. The highest BCUT2D eigenvalue weighted by Crippen LogP contribution is 2.35. The minimum absolute atomic E-state index is 0.142. The molecule has 0 bridgehead atoms. The Kier molecular flexibility index (Phi) is 2.85. The number of amides is 1. The predicted molar refractivity (Wildman–Crippen MR) is 75.3 cm³/mol. The molecule has 1 aliphatic carbocycles. The van der Waals surface area contributed by atoms with E-state index in [1.807, 2.05) is 25.2 Å². The van der Waals surface area contributed by atoms with E-state index in [-0.39, 0.29) is 6.04 Å². The monoisotopic (exact) mass is 272 g/mol. The lowest BCUT2D eigenvalue weighted by atomic mass is 10.0. The number of nitrogens with two attached hydrogens (primary N) is 1. The smallest absolute Gasteiger partial charge is 0.405 e. The lowest BCUT2D eigenvalue weighted by molar-refractivity contribution is 0.190. The Balaban J connectivity index is 2.03. The first-order valence-corrected chi connectivity index (χ1v) is 6.46. The summed E-state index contributed by atoms with van der Waals surface area (Å²) in [7, 11) is 1.84. The third kappa shape index (κ3) is 1.99. The SMILES string of the molecule is Cn1ncc(N)c1-c1ccc2c(c1)C(NC(=O)O)CC2. The summed E-state index contributed by atoms with van der Waals surface area (Å²) in [5, 5.41) is 15.6. The number of carbonyl (C=O) groups is 1. The Morgan fingerprint density at radius 1 is 1.55 bits per heavy atom. The summed E-state index contributed by atoms with van der Waals surface area (Å²) in [4.78, 5) is 10.8. The molecule has 2 aromatic rings. The number of aryl methyl sites for hydroxylation is 2. The maximum atomic E-state index is 10.8. The molecule has 1 atom stereocenters. The number of hydrogen-bond acceptors (Lipinski definition) is 3. The zero-order valence-corrected chi connectivity index (χ0v) is 11.1. The number of nitrogens with zero attached hydrogens (tertiary/aromatic N) is 2. The van der Waals surface area contributed by atoms with Crippen molar-refractivity contribution in [1.82, 2.24) is 15.1 Å². The molecule has 0 fully saturated rings. The maximum absolute atomic E-state index is 10.8. The Morgan fingerprint density at radius 2 is 2.35 bits per heavy atom. The highest BCUT2D eigenvalue weighted by atomic mass is 16.4. The molecule has 6 heteroatoms. The van der Waals surface area contributed by atoms with Crippen LogP contribution in [0.15, 0.2) is 24.4 Å². The average molecular weight is 272 g/mol. The molecule has 0 radical (unpaired) electrons. The van der Waals surface area contributed by atoms with Crippen LogP contribution in [0.5, 0.6) is 0 Å². The molecule has 20 heavy (non-hydrogen) atoms. The molecule has 0 saturated heterocycles. The zero-order valence-electron chi connectivity index (χ0n) is 11.1. The first-order chi connectivity index (χ1) is 9.56. The topological polar surface area (TPSA) is 93.2 Å². The summed E-state index contributed by atoms with van der Waals surface area (Å²) in [5.74, 6) is 0. The van der Waals surface area contributed by atoms with Gasteiger partial charge in [-0.1, -0.05) is 12.1 Å². The van der Waals surface area contributed by atoms with Gasteiger partial charge in [-0.3, -0.25) is 4.68 Å². The van der Waals surface area contributed by atoms with E-state index in [4.69, 9.17) is 10.8 Å². The van der Waals surface area contributed by atoms with E-state index < -0.39 is 6.09 Å². The van der Waals surface area contributed by atoms with Crippen LogP contribution >= 0.6 is 0 Å². The number of nitrogens with one attached hydrogen (secondary N) is 1. The van der Waals surface area contributed by atoms with Gasteiger partial charge in [0.2, 0.25) is 0 Å². The van der Waals surface area contributed by atoms with Gasteiger partial charge in [0.1, 0.15) is 0 Å². The van der Waals surface area contributed by atoms with Gasteiger partial charge in [0.15, 0.2) is 0 Å². The highest BCUT2D eigenvalue weighted by Gasteiger charge is 2.24. The van der Waals surface area contributed by atoms with Gasteiger partial charge in [0.05, 0.1) is 23.6 Å². The van der Waals surface area contributed by atoms with Crippen LogP contribution in [-0.2, 0) is 13.5 Å².